The van der Waals surface area contributed by atoms with Crippen molar-refractivity contribution in [2.75, 3.05) is 31.1 Å². The van der Waals surface area contributed by atoms with Gasteiger partial charge in [0.1, 0.15) is 5.82 Å². The maximum absolute atomic E-state index is 14.1. The Morgan fingerprint density at radius 1 is 1.12 bits per heavy atom. The van der Waals surface area contributed by atoms with Crippen LogP contribution < -0.4 is 4.90 Å². The Morgan fingerprint density at radius 3 is 2.36 bits per heavy atom. The van der Waals surface area contributed by atoms with Gasteiger partial charge in [0.2, 0.25) is 0 Å². The van der Waals surface area contributed by atoms with Crippen LogP contribution in [-0.2, 0) is 6.54 Å². The molecule has 1 aliphatic rings. The molecule has 25 heavy (non-hydrogen) atoms. The number of hydrogen-bond acceptors (Lipinski definition) is 4. The molecule has 2 aromatic carbocycles. The van der Waals surface area contributed by atoms with E-state index in [0.717, 1.165) is 25.2 Å². The predicted octanol–water partition coefficient (Wildman–Crippen LogP) is 2.72. The normalized spacial score (nSPS) is 15.0. The molecule has 0 bridgehead atoms. The van der Waals surface area contributed by atoms with Crippen LogP contribution in [-0.4, -0.2) is 42.2 Å². The van der Waals surface area contributed by atoms with E-state index in [1.54, 1.807) is 24.3 Å². The molecule has 128 valence electrons. The molecule has 3 rings (SSSR count). The highest BCUT2D eigenvalue weighted by Gasteiger charge is 2.19. The van der Waals surface area contributed by atoms with E-state index in [-0.39, 0.29) is 11.4 Å². The number of carbonyl (C=O) groups is 1. The molecule has 0 amide bonds. The molecule has 0 aliphatic carbocycles. The minimum absolute atomic E-state index is 0.282. The van der Waals surface area contributed by atoms with Gasteiger partial charge in [-0.3, -0.25) is 4.90 Å². The van der Waals surface area contributed by atoms with E-state index in [9.17, 15) is 9.18 Å². The van der Waals surface area contributed by atoms with Crippen LogP contribution in [0.4, 0.5) is 10.1 Å². The molecule has 1 saturated heterocycles. The summed E-state index contributed by atoms with van der Waals surface area (Å²) in [6, 6.07) is 13.4. The van der Waals surface area contributed by atoms with Gasteiger partial charge in [0.15, 0.2) is 0 Å². The maximum Gasteiger partial charge on any atom is 0.335 e. The second kappa shape index (κ2) is 7.32. The second-order valence-corrected chi connectivity index (χ2v) is 6.04. The van der Waals surface area contributed by atoms with Crippen LogP contribution in [0.15, 0.2) is 42.5 Å². The topological polar surface area (TPSA) is 67.6 Å². The van der Waals surface area contributed by atoms with Crippen molar-refractivity contribution in [3.63, 3.8) is 0 Å². The number of piperazine rings is 1. The van der Waals surface area contributed by atoms with E-state index in [2.05, 4.69) is 4.90 Å². The fraction of sp³-hybridized carbons (Fsp3) is 0.263. The first-order valence-corrected chi connectivity index (χ1v) is 8.06. The van der Waals surface area contributed by atoms with Crippen LogP contribution in [0.3, 0.4) is 0 Å². The second-order valence-electron chi connectivity index (χ2n) is 6.04. The Labute approximate surface area is 145 Å². The quantitative estimate of drug-likeness (QED) is 0.928. The molecule has 6 heteroatoms. The number of carboxylic acid groups (broad SMARTS) is 1. The van der Waals surface area contributed by atoms with Gasteiger partial charge in [-0.1, -0.05) is 12.1 Å². The van der Waals surface area contributed by atoms with Crippen LogP contribution in [0.25, 0.3) is 0 Å². The smallest absolute Gasteiger partial charge is 0.335 e. The van der Waals surface area contributed by atoms with Crippen molar-refractivity contribution in [1.82, 2.24) is 4.90 Å². The van der Waals surface area contributed by atoms with Gasteiger partial charge in [-0.2, -0.15) is 5.26 Å². The molecule has 0 unspecified atom stereocenters. The van der Waals surface area contributed by atoms with E-state index in [4.69, 9.17) is 10.4 Å². The standard InChI is InChI=1S/C19H18FN3O2/c20-17-11-15(12-21)3-6-18(17)23-9-7-22(8-10-23)13-14-1-4-16(5-2-14)19(24)25/h1-6,11H,7-10,13H2,(H,24,25). The molecule has 5 nitrogen and oxygen atoms in total. The zero-order valence-electron chi connectivity index (χ0n) is 13.7. The van der Waals surface area contributed by atoms with Gasteiger partial charge in [0.05, 0.1) is 22.9 Å². The Bertz CT molecular complexity index is 806. The van der Waals surface area contributed by atoms with Gasteiger partial charge in [-0.25, -0.2) is 9.18 Å². The van der Waals surface area contributed by atoms with Crippen molar-refractivity contribution in [3.8, 4) is 6.07 Å². The van der Waals surface area contributed by atoms with Crippen LogP contribution in [0, 0.1) is 17.1 Å². The molecule has 1 aliphatic heterocycles. The van der Waals surface area contributed by atoms with E-state index >= 15 is 0 Å². The maximum atomic E-state index is 14.1. The summed E-state index contributed by atoms with van der Waals surface area (Å²) in [7, 11) is 0. The fourth-order valence-corrected chi connectivity index (χ4v) is 2.99. The number of nitriles is 1. The van der Waals surface area contributed by atoms with Gasteiger partial charge in [-0.15, -0.1) is 0 Å². The summed E-state index contributed by atoms with van der Waals surface area (Å²) in [4.78, 5) is 15.1. The summed E-state index contributed by atoms with van der Waals surface area (Å²) in [5.74, 6) is -1.29. The lowest BCUT2D eigenvalue weighted by Crippen LogP contribution is -2.46. The van der Waals surface area contributed by atoms with E-state index < -0.39 is 5.97 Å². The average Bonchev–Trinajstić information content (AvgIpc) is 2.63. The summed E-state index contributed by atoms with van der Waals surface area (Å²) in [5.41, 5.74) is 2.20. The number of hydrogen-bond donors (Lipinski definition) is 1. The molecular formula is C19H18FN3O2. The number of halogens is 1. The summed E-state index contributed by atoms with van der Waals surface area (Å²) < 4.78 is 14.1. The molecule has 1 fully saturated rings. The number of benzene rings is 2. The molecule has 1 N–H and O–H groups in total. The van der Waals surface area contributed by atoms with Crippen molar-refractivity contribution in [3.05, 3.63) is 65.0 Å². The van der Waals surface area contributed by atoms with Crippen LogP contribution in [0.2, 0.25) is 0 Å². The third kappa shape index (κ3) is 3.95. The molecular weight excluding hydrogens is 321 g/mol. The van der Waals surface area contributed by atoms with Crippen molar-refractivity contribution >= 4 is 11.7 Å². The molecule has 0 saturated carbocycles. The lowest BCUT2D eigenvalue weighted by Gasteiger charge is -2.36. The zero-order chi connectivity index (χ0) is 17.8. The monoisotopic (exact) mass is 339 g/mol. The van der Waals surface area contributed by atoms with Crippen molar-refractivity contribution in [2.45, 2.75) is 6.54 Å². The highest BCUT2D eigenvalue weighted by molar-refractivity contribution is 5.87. The number of aromatic carboxylic acids is 1. The molecule has 0 aromatic heterocycles. The van der Waals surface area contributed by atoms with Crippen LogP contribution in [0.1, 0.15) is 21.5 Å². The average molecular weight is 339 g/mol. The summed E-state index contributed by atoms with van der Waals surface area (Å²) >= 11 is 0. The molecule has 0 radical (unpaired) electrons. The third-order valence-electron chi connectivity index (χ3n) is 4.40. The number of rotatable bonds is 4. The number of nitrogens with zero attached hydrogens (tertiary/aromatic N) is 3. The Balaban J connectivity index is 1.58. The minimum Gasteiger partial charge on any atom is -0.478 e. The van der Waals surface area contributed by atoms with Crippen molar-refractivity contribution < 1.29 is 14.3 Å². The van der Waals surface area contributed by atoms with Crippen LogP contribution in [0.5, 0.6) is 0 Å². The van der Waals surface area contributed by atoms with Gasteiger partial charge >= 0.3 is 5.97 Å². The number of carboxylic acids is 1. The largest absolute Gasteiger partial charge is 0.478 e. The Morgan fingerprint density at radius 2 is 1.80 bits per heavy atom. The highest BCUT2D eigenvalue weighted by Crippen LogP contribution is 2.22. The first-order valence-electron chi connectivity index (χ1n) is 8.06. The summed E-state index contributed by atoms with van der Waals surface area (Å²) in [5, 5.41) is 17.7. The van der Waals surface area contributed by atoms with Crippen molar-refractivity contribution in [1.29, 1.82) is 5.26 Å². The van der Waals surface area contributed by atoms with E-state index in [0.29, 0.717) is 24.3 Å². The van der Waals surface area contributed by atoms with Crippen molar-refractivity contribution in [2.24, 2.45) is 0 Å². The first-order chi connectivity index (χ1) is 12.1. The Kier molecular flexibility index (Phi) is 4.96. The Hall–Kier alpha value is -2.91. The van der Waals surface area contributed by atoms with Gasteiger partial charge < -0.3 is 10.0 Å². The molecule has 0 spiro atoms. The SMILES string of the molecule is N#Cc1ccc(N2CCN(Cc3ccc(C(=O)O)cc3)CC2)c(F)c1. The predicted molar refractivity (Wildman–Crippen MR) is 92.0 cm³/mol. The lowest BCUT2D eigenvalue weighted by molar-refractivity contribution is 0.0697. The fourth-order valence-electron chi connectivity index (χ4n) is 2.99. The minimum atomic E-state index is -0.926. The molecule has 1 heterocycles. The summed E-state index contributed by atoms with van der Waals surface area (Å²) in [6.07, 6.45) is 0. The lowest BCUT2D eigenvalue weighted by atomic mass is 10.1. The van der Waals surface area contributed by atoms with E-state index in [1.165, 1.54) is 6.07 Å². The van der Waals surface area contributed by atoms with Gasteiger partial charge in [0.25, 0.3) is 0 Å². The highest BCUT2D eigenvalue weighted by atomic mass is 19.1. The third-order valence-corrected chi connectivity index (χ3v) is 4.40. The van der Waals surface area contributed by atoms with Gasteiger partial charge in [-0.05, 0) is 35.9 Å². The number of anilines is 1. The molecule has 2 aromatic rings. The first kappa shape index (κ1) is 16.9. The van der Waals surface area contributed by atoms with Gasteiger partial charge in [0, 0.05) is 32.7 Å². The zero-order valence-corrected chi connectivity index (χ0v) is 13.7. The van der Waals surface area contributed by atoms with Crippen LogP contribution >= 0.6 is 0 Å². The summed E-state index contributed by atoms with van der Waals surface area (Å²) in [6.45, 7) is 3.73. The van der Waals surface area contributed by atoms with E-state index in [1.807, 2.05) is 23.1 Å². The molecule has 0 atom stereocenters.